The third-order valence-corrected chi connectivity index (χ3v) is 2.82. The van der Waals surface area contributed by atoms with Crippen LogP contribution in [0.1, 0.15) is 18.7 Å². The first-order chi connectivity index (χ1) is 8.31. The molecule has 2 aromatic heterocycles. The van der Waals surface area contributed by atoms with Crippen LogP contribution >= 0.6 is 0 Å². The van der Waals surface area contributed by atoms with Crippen molar-refractivity contribution < 1.29 is 4.52 Å². The summed E-state index contributed by atoms with van der Waals surface area (Å²) in [5.41, 5.74) is 0.740. The number of aromatic nitrogens is 4. The van der Waals surface area contributed by atoms with Crippen molar-refractivity contribution in [3.63, 3.8) is 0 Å². The van der Waals surface area contributed by atoms with E-state index in [4.69, 9.17) is 4.52 Å². The third kappa shape index (κ3) is 2.52. The zero-order valence-corrected chi connectivity index (χ0v) is 9.76. The van der Waals surface area contributed by atoms with Crippen molar-refractivity contribution in [1.82, 2.24) is 25.2 Å². The van der Waals surface area contributed by atoms with Gasteiger partial charge in [-0.15, -0.1) is 0 Å². The highest BCUT2D eigenvalue weighted by Crippen LogP contribution is 2.27. The Morgan fingerprint density at radius 2 is 2.41 bits per heavy atom. The normalized spacial score (nSPS) is 15.4. The SMILES string of the molecule is Cn1ccc(-c2noc(CNCC3CC3)n2)n1. The largest absolute Gasteiger partial charge is 0.337 e. The van der Waals surface area contributed by atoms with Crippen LogP contribution in [-0.4, -0.2) is 26.5 Å². The number of aryl methyl sites for hydroxylation is 1. The summed E-state index contributed by atoms with van der Waals surface area (Å²) in [7, 11) is 1.86. The van der Waals surface area contributed by atoms with Gasteiger partial charge in [0.15, 0.2) is 0 Å². The smallest absolute Gasteiger partial charge is 0.240 e. The van der Waals surface area contributed by atoms with Crippen LogP contribution < -0.4 is 5.32 Å². The molecule has 1 aliphatic carbocycles. The van der Waals surface area contributed by atoms with Crippen LogP contribution in [0.5, 0.6) is 0 Å². The second-order valence-electron chi connectivity index (χ2n) is 4.46. The first kappa shape index (κ1) is 10.5. The van der Waals surface area contributed by atoms with Crippen molar-refractivity contribution in [2.75, 3.05) is 6.54 Å². The lowest BCUT2D eigenvalue weighted by atomic mass is 10.4. The topological polar surface area (TPSA) is 68.8 Å². The van der Waals surface area contributed by atoms with Crippen LogP contribution in [0.15, 0.2) is 16.8 Å². The summed E-state index contributed by atoms with van der Waals surface area (Å²) in [5.74, 6) is 2.02. The van der Waals surface area contributed by atoms with Gasteiger partial charge >= 0.3 is 0 Å². The molecule has 90 valence electrons. The van der Waals surface area contributed by atoms with E-state index >= 15 is 0 Å². The van der Waals surface area contributed by atoms with Gasteiger partial charge in [-0.25, -0.2) is 0 Å². The molecule has 6 heteroatoms. The highest BCUT2D eigenvalue weighted by Gasteiger charge is 2.20. The molecule has 0 aliphatic heterocycles. The van der Waals surface area contributed by atoms with Crippen molar-refractivity contribution in [3.8, 4) is 11.5 Å². The summed E-state index contributed by atoms with van der Waals surface area (Å²) in [6.45, 7) is 1.68. The standard InChI is InChI=1S/C11H15N5O/c1-16-5-4-9(14-16)11-13-10(17-15-11)7-12-6-8-2-3-8/h4-5,8,12H,2-3,6-7H2,1H3. The maximum atomic E-state index is 5.16. The average Bonchev–Trinajstić information content (AvgIpc) is 2.85. The minimum absolute atomic E-state index is 0.550. The predicted molar refractivity (Wildman–Crippen MR) is 60.9 cm³/mol. The minimum atomic E-state index is 0.550. The molecule has 0 unspecified atom stereocenters. The summed E-state index contributed by atoms with van der Waals surface area (Å²) in [5, 5.41) is 11.4. The molecular formula is C11H15N5O. The third-order valence-electron chi connectivity index (χ3n) is 2.82. The Balaban J connectivity index is 1.61. The molecule has 0 radical (unpaired) electrons. The lowest BCUT2D eigenvalue weighted by Gasteiger charge is -1.96. The molecular weight excluding hydrogens is 218 g/mol. The maximum Gasteiger partial charge on any atom is 0.240 e. The lowest BCUT2D eigenvalue weighted by molar-refractivity contribution is 0.367. The Labute approximate surface area is 99.0 Å². The molecule has 2 aromatic rings. The molecule has 17 heavy (non-hydrogen) atoms. The Hall–Kier alpha value is -1.69. The van der Waals surface area contributed by atoms with Crippen LogP contribution in [0, 0.1) is 5.92 Å². The predicted octanol–water partition coefficient (Wildman–Crippen LogP) is 0.970. The van der Waals surface area contributed by atoms with Gasteiger partial charge in [0.1, 0.15) is 5.69 Å². The molecule has 1 N–H and O–H groups in total. The number of nitrogens with one attached hydrogen (secondary N) is 1. The molecule has 3 rings (SSSR count). The van der Waals surface area contributed by atoms with Gasteiger partial charge in [-0.2, -0.15) is 10.1 Å². The fraction of sp³-hybridized carbons (Fsp3) is 0.545. The van der Waals surface area contributed by atoms with E-state index in [9.17, 15) is 0 Å². The maximum absolute atomic E-state index is 5.16. The van der Waals surface area contributed by atoms with E-state index in [1.54, 1.807) is 4.68 Å². The molecule has 0 bridgehead atoms. The van der Waals surface area contributed by atoms with Crippen molar-refractivity contribution in [2.45, 2.75) is 19.4 Å². The Kier molecular flexibility index (Phi) is 2.64. The second-order valence-corrected chi connectivity index (χ2v) is 4.46. The van der Waals surface area contributed by atoms with Gasteiger partial charge in [-0.05, 0) is 31.4 Å². The molecule has 0 spiro atoms. The van der Waals surface area contributed by atoms with Gasteiger partial charge < -0.3 is 9.84 Å². The Morgan fingerprint density at radius 1 is 1.53 bits per heavy atom. The van der Waals surface area contributed by atoms with Crippen LogP contribution in [0.25, 0.3) is 11.5 Å². The van der Waals surface area contributed by atoms with Crippen molar-refractivity contribution >= 4 is 0 Å². The van der Waals surface area contributed by atoms with Crippen LogP contribution in [-0.2, 0) is 13.6 Å². The van der Waals surface area contributed by atoms with E-state index in [0.717, 1.165) is 18.2 Å². The first-order valence-electron chi connectivity index (χ1n) is 5.84. The molecule has 0 atom stereocenters. The van der Waals surface area contributed by atoms with E-state index < -0.39 is 0 Å². The molecule has 1 saturated carbocycles. The van der Waals surface area contributed by atoms with Gasteiger partial charge in [0.25, 0.3) is 0 Å². The highest BCUT2D eigenvalue weighted by molar-refractivity contribution is 5.46. The lowest BCUT2D eigenvalue weighted by Crippen LogP contribution is -2.16. The summed E-state index contributed by atoms with van der Waals surface area (Å²) < 4.78 is 6.88. The number of hydrogen-bond acceptors (Lipinski definition) is 5. The van der Waals surface area contributed by atoms with Crippen molar-refractivity contribution in [2.24, 2.45) is 13.0 Å². The van der Waals surface area contributed by atoms with E-state index in [2.05, 4.69) is 20.6 Å². The van der Waals surface area contributed by atoms with Gasteiger partial charge in [0.2, 0.25) is 11.7 Å². The quantitative estimate of drug-likeness (QED) is 0.833. The van der Waals surface area contributed by atoms with E-state index in [0.29, 0.717) is 18.3 Å². The minimum Gasteiger partial charge on any atom is -0.337 e. The molecule has 6 nitrogen and oxygen atoms in total. The average molecular weight is 233 g/mol. The molecule has 2 heterocycles. The monoisotopic (exact) mass is 233 g/mol. The first-order valence-corrected chi connectivity index (χ1v) is 5.84. The fourth-order valence-corrected chi connectivity index (χ4v) is 1.67. The zero-order valence-electron chi connectivity index (χ0n) is 9.76. The molecule has 1 aliphatic rings. The molecule has 0 aromatic carbocycles. The number of hydrogen-bond donors (Lipinski definition) is 1. The van der Waals surface area contributed by atoms with Crippen molar-refractivity contribution in [1.29, 1.82) is 0 Å². The molecule has 0 amide bonds. The van der Waals surface area contributed by atoms with E-state index in [1.807, 2.05) is 19.3 Å². The van der Waals surface area contributed by atoms with Crippen LogP contribution in [0.4, 0.5) is 0 Å². The fourth-order valence-electron chi connectivity index (χ4n) is 1.67. The Bertz CT molecular complexity index is 499. The van der Waals surface area contributed by atoms with Gasteiger partial charge in [0, 0.05) is 13.2 Å². The van der Waals surface area contributed by atoms with Crippen molar-refractivity contribution in [3.05, 3.63) is 18.2 Å². The Morgan fingerprint density at radius 3 is 3.12 bits per heavy atom. The van der Waals surface area contributed by atoms with Gasteiger partial charge in [-0.1, -0.05) is 5.16 Å². The van der Waals surface area contributed by atoms with Gasteiger partial charge in [0.05, 0.1) is 6.54 Å². The summed E-state index contributed by atoms with van der Waals surface area (Å²) in [6.07, 6.45) is 4.54. The summed E-state index contributed by atoms with van der Waals surface area (Å²) >= 11 is 0. The van der Waals surface area contributed by atoms with E-state index in [1.165, 1.54) is 12.8 Å². The summed E-state index contributed by atoms with van der Waals surface area (Å²) in [6, 6.07) is 1.87. The van der Waals surface area contributed by atoms with Crippen LogP contribution in [0.3, 0.4) is 0 Å². The number of rotatable bonds is 5. The van der Waals surface area contributed by atoms with Gasteiger partial charge in [-0.3, -0.25) is 4.68 Å². The summed E-state index contributed by atoms with van der Waals surface area (Å²) in [4.78, 5) is 4.29. The van der Waals surface area contributed by atoms with E-state index in [-0.39, 0.29) is 0 Å². The molecule has 1 fully saturated rings. The highest BCUT2D eigenvalue weighted by atomic mass is 16.5. The van der Waals surface area contributed by atoms with Crippen LogP contribution in [0.2, 0.25) is 0 Å². The molecule has 0 saturated heterocycles. The second kappa shape index (κ2) is 4.29. The zero-order chi connectivity index (χ0) is 11.7. The number of nitrogens with zero attached hydrogens (tertiary/aromatic N) is 4.